The summed E-state index contributed by atoms with van der Waals surface area (Å²) in [7, 11) is 0. The van der Waals surface area contributed by atoms with Crippen LogP contribution in [0.5, 0.6) is 0 Å². The molecule has 134 valence electrons. The fraction of sp³-hybridized carbons (Fsp3) is 0.556. The summed E-state index contributed by atoms with van der Waals surface area (Å²) in [5.74, 6) is -0.534. The molecule has 0 radical (unpaired) electrons. The average Bonchev–Trinajstić information content (AvgIpc) is 3.06. The molecule has 0 aliphatic carbocycles. The fourth-order valence-electron chi connectivity index (χ4n) is 4.00. The minimum Gasteiger partial charge on any atom is -0.381 e. The number of halogens is 1. The Hall–Kier alpha value is -1.99. The Morgan fingerprint density at radius 1 is 1.12 bits per heavy atom. The van der Waals surface area contributed by atoms with Gasteiger partial charge in [-0.1, -0.05) is 0 Å². The minimum absolute atomic E-state index is 0.00997. The Morgan fingerprint density at radius 3 is 2.56 bits per heavy atom. The van der Waals surface area contributed by atoms with Gasteiger partial charge in [-0.05, 0) is 37.1 Å². The van der Waals surface area contributed by atoms with Gasteiger partial charge < -0.3 is 19.3 Å². The van der Waals surface area contributed by atoms with Gasteiger partial charge >= 0.3 is 0 Å². The first-order chi connectivity index (χ1) is 12.1. The molecular formula is C18H21FN2O4. The van der Waals surface area contributed by atoms with E-state index in [0.29, 0.717) is 31.9 Å². The maximum absolute atomic E-state index is 13.1. The Balaban J connectivity index is 1.51. The van der Waals surface area contributed by atoms with Gasteiger partial charge in [0.25, 0.3) is 5.91 Å². The highest BCUT2D eigenvalue weighted by Gasteiger charge is 2.47. The molecule has 7 heteroatoms. The van der Waals surface area contributed by atoms with Crippen molar-refractivity contribution in [3.05, 3.63) is 35.6 Å². The van der Waals surface area contributed by atoms with Gasteiger partial charge in [0.15, 0.2) is 0 Å². The minimum atomic E-state index is -0.369. The SMILES string of the molecule is O=C(c1ccc(F)cc1)N1C[C@@H]2OCC(=O)N(C3CCOCC3)[C@H]2C1. The van der Waals surface area contributed by atoms with Crippen LogP contribution in [0.2, 0.25) is 0 Å². The molecule has 3 saturated heterocycles. The van der Waals surface area contributed by atoms with E-state index in [1.165, 1.54) is 24.3 Å². The van der Waals surface area contributed by atoms with Gasteiger partial charge in [-0.2, -0.15) is 0 Å². The monoisotopic (exact) mass is 348 g/mol. The highest BCUT2D eigenvalue weighted by molar-refractivity contribution is 5.94. The maximum atomic E-state index is 13.1. The third-order valence-electron chi connectivity index (χ3n) is 5.27. The third-order valence-corrected chi connectivity index (χ3v) is 5.27. The standard InChI is InChI=1S/C18H21FN2O4/c19-13-3-1-12(2-4-13)18(23)20-9-15-16(10-20)25-11-17(22)21(15)14-5-7-24-8-6-14/h1-4,14-16H,5-11H2/t15-,16-/m0/s1. The Labute approximate surface area is 145 Å². The number of carbonyl (C=O) groups excluding carboxylic acids is 2. The number of nitrogens with zero attached hydrogens (tertiary/aromatic N) is 2. The zero-order valence-electron chi connectivity index (χ0n) is 13.9. The van der Waals surface area contributed by atoms with E-state index < -0.39 is 0 Å². The molecule has 3 aliphatic rings. The van der Waals surface area contributed by atoms with E-state index in [2.05, 4.69) is 0 Å². The van der Waals surface area contributed by atoms with Crippen molar-refractivity contribution >= 4 is 11.8 Å². The quantitative estimate of drug-likeness (QED) is 0.802. The van der Waals surface area contributed by atoms with E-state index in [1.807, 2.05) is 4.90 Å². The fourth-order valence-corrected chi connectivity index (χ4v) is 4.00. The molecule has 25 heavy (non-hydrogen) atoms. The highest BCUT2D eigenvalue weighted by Crippen LogP contribution is 2.29. The van der Waals surface area contributed by atoms with Crippen molar-refractivity contribution in [2.24, 2.45) is 0 Å². The molecule has 2 atom stereocenters. The number of carbonyl (C=O) groups is 2. The van der Waals surface area contributed by atoms with Crippen LogP contribution in [0.15, 0.2) is 24.3 Å². The molecule has 0 N–H and O–H groups in total. The molecule has 1 aromatic carbocycles. The van der Waals surface area contributed by atoms with Crippen LogP contribution < -0.4 is 0 Å². The van der Waals surface area contributed by atoms with Crippen molar-refractivity contribution in [3.63, 3.8) is 0 Å². The van der Waals surface area contributed by atoms with Crippen LogP contribution in [-0.2, 0) is 14.3 Å². The zero-order chi connectivity index (χ0) is 17.4. The summed E-state index contributed by atoms with van der Waals surface area (Å²) in [6, 6.07) is 5.58. The topological polar surface area (TPSA) is 59.1 Å². The first kappa shape index (κ1) is 16.5. The van der Waals surface area contributed by atoms with Crippen molar-refractivity contribution in [2.45, 2.75) is 31.0 Å². The second-order valence-electron chi connectivity index (χ2n) is 6.78. The lowest BCUT2D eigenvalue weighted by Crippen LogP contribution is -2.58. The molecule has 0 unspecified atom stereocenters. The van der Waals surface area contributed by atoms with Gasteiger partial charge in [0, 0.05) is 37.9 Å². The summed E-state index contributed by atoms with van der Waals surface area (Å²) in [5.41, 5.74) is 0.448. The molecule has 1 aromatic rings. The number of amides is 2. The van der Waals surface area contributed by atoms with Crippen LogP contribution in [0.1, 0.15) is 23.2 Å². The van der Waals surface area contributed by atoms with Crippen molar-refractivity contribution in [1.29, 1.82) is 0 Å². The Bertz CT molecular complexity index is 660. The van der Waals surface area contributed by atoms with Gasteiger partial charge in [0.05, 0.1) is 12.1 Å². The molecule has 0 aromatic heterocycles. The van der Waals surface area contributed by atoms with E-state index in [1.54, 1.807) is 4.90 Å². The summed E-state index contributed by atoms with van der Waals surface area (Å²) in [6.45, 7) is 2.28. The lowest BCUT2D eigenvalue weighted by atomic mass is 10.0. The van der Waals surface area contributed by atoms with Gasteiger partial charge in [0.1, 0.15) is 12.4 Å². The molecule has 0 bridgehead atoms. The van der Waals surface area contributed by atoms with Crippen molar-refractivity contribution in [1.82, 2.24) is 9.80 Å². The Morgan fingerprint density at radius 2 is 1.84 bits per heavy atom. The summed E-state index contributed by atoms with van der Waals surface area (Å²) < 4.78 is 24.2. The lowest BCUT2D eigenvalue weighted by molar-refractivity contribution is -0.159. The van der Waals surface area contributed by atoms with E-state index in [0.717, 1.165) is 12.8 Å². The van der Waals surface area contributed by atoms with Gasteiger partial charge in [-0.3, -0.25) is 9.59 Å². The number of hydrogen-bond donors (Lipinski definition) is 0. The zero-order valence-corrected chi connectivity index (χ0v) is 13.9. The first-order valence-electron chi connectivity index (χ1n) is 8.69. The van der Waals surface area contributed by atoms with Crippen molar-refractivity contribution < 1.29 is 23.5 Å². The number of likely N-dealkylation sites (tertiary alicyclic amines) is 1. The molecule has 0 saturated carbocycles. The van der Waals surface area contributed by atoms with Crippen LogP contribution in [-0.4, -0.2) is 72.7 Å². The summed E-state index contributed by atoms with van der Waals surface area (Å²) in [6.07, 6.45) is 1.48. The normalized spacial score (nSPS) is 27.5. The van der Waals surface area contributed by atoms with Gasteiger partial charge in [0.2, 0.25) is 5.91 Å². The van der Waals surface area contributed by atoms with E-state index in [4.69, 9.17) is 9.47 Å². The number of hydrogen-bond acceptors (Lipinski definition) is 4. The largest absolute Gasteiger partial charge is 0.381 e. The smallest absolute Gasteiger partial charge is 0.254 e. The third kappa shape index (κ3) is 3.14. The van der Waals surface area contributed by atoms with Crippen LogP contribution in [0.3, 0.4) is 0 Å². The number of fused-ring (bicyclic) bond motifs is 1. The predicted octanol–water partition coefficient (Wildman–Crippen LogP) is 1.06. The number of morpholine rings is 1. The predicted molar refractivity (Wildman–Crippen MR) is 86.5 cm³/mol. The molecule has 3 heterocycles. The first-order valence-corrected chi connectivity index (χ1v) is 8.69. The van der Waals surface area contributed by atoms with Crippen LogP contribution >= 0.6 is 0 Å². The van der Waals surface area contributed by atoms with Crippen LogP contribution in [0, 0.1) is 5.82 Å². The molecule has 6 nitrogen and oxygen atoms in total. The second kappa shape index (κ2) is 6.72. The second-order valence-corrected chi connectivity index (χ2v) is 6.78. The molecule has 3 fully saturated rings. The molecule has 2 amide bonds. The van der Waals surface area contributed by atoms with E-state index >= 15 is 0 Å². The van der Waals surface area contributed by atoms with Crippen molar-refractivity contribution in [3.8, 4) is 0 Å². The lowest BCUT2D eigenvalue weighted by Gasteiger charge is -2.43. The number of benzene rings is 1. The molecule has 3 aliphatic heterocycles. The molecule has 4 rings (SSSR count). The average molecular weight is 348 g/mol. The van der Waals surface area contributed by atoms with Crippen molar-refractivity contribution in [2.75, 3.05) is 32.9 Å². The summed E-state index contributed by atoms with van der Waals surface area (Å²) in [5, 5.41) is 0. The molecule has 0 spiro atoms. The highest BCUT2D eigenvalue weighted by atomic mass is 19.1. The molecular weight excluding hydrogens is 327 g/mol. The van der Waals surface area contributed by atoms with Crippen LogP contribution in [0.25, 0.3) is 0 Å². The Kier molecular flexibility index (Phi) is 4.43. The van der Waals surface area contributed by atoms with Gasteiger partial charge in [-0.25, -0.2) is 4.39 Å². The van der Waals surface area contributed by atoms with E-state index in [-0.39, 0.29) is 42.4 Å². The number of rotatable bonds is 2. The van der Waals surface area contributed by atoms with E-state index in [9.17, 15) is 14.0 Å². The van der Waals surface area contributed by atoms with Crippen LogP contribution in [0.4, 0.5) is 4.39 Å². The van der Waals surface area contributed by atoms with Gasteiger partial charge in [-0.15, -0.1) is 0 Å². The maximum Gasteiger partial charge on any atom is 0.254 e. The summed E-state index contributed by atoms with van der Waals surface area (Å²) >= 11 is 0. The number of ether oxygens (including phenoxy) is 2. The summed E-state index contributed by atoms with van der Waals surface area (Å²) in [4.78, 5) is 28.8.